The van der Waals surface area contributed by atoms with Gasteiger partial charge < -0.3 is 10.6 Å². The molecule has 2 aliphatic rings. The number of hydrogen-bond acceptors (Lipinski definition) is 2. The molecule has 3 heteroatoms. The van der Waals surface area contributed by atoms with Crippen molar-refractivity contribution in [2.75, 3.05) is 18.5 Å². The van der Waals surface area contributed by atoms with Gasteiger partial charge in [0.05, 0.1) is 12.1 Å². The van der Waals surface area contributed by atoms with E-state index in [0.29, 0.717) is 13.0 Å². The van der Waals surface area contributed by atoms with E-state index in [1.807, 2.05) is 11.9 Å². The molecule has 0 aromatic heterocycles. The molecule has 1 aliphatic carbocycles. The molecule has 18 heavy (non-hydrogen) atoms. The highest BCUT2D eigenvalue weighted by Crippen LogP contribution is 2.46. The Morgan fingerprint density at radius 1 is 1.33 bits per heavy atom. The number of likely N-dealkylation sites (N-methyl/N-ethyl adjacent to an activating group) is 1. The number of carbonyl (C=O) groups is 1. The van der Waals surface area contributed by atoms with Gasteiger partial charge in [0.25, 0.3) is 0 Å². The molecule has 1 aromatic carbocycles. The summed E-state index contributed by atoms with van der Waals surface area (Å²) in [4.78, 5) is 13.7. The molecule has 1 aromatic rings. The number of anilines is 1. The fourth-order valence-corrected chi connectivity index (χ4v) is 3.60. The topological polar surface area (TPSA) is 46.3 Å². The average Bonchev–Trinajstić information content (AvgIpc) is 2.97. The first kappa shape index (κ1) is 11.7. The SMILES string of the molecule is CN1C(=O)Cc2cccc(C3(CN)CCCC3)c21. The minimum absolute atomic E-state index is 0.101. The van der Waals surface area contributed by atoms with Crippen LogP contribution in [0, 0.1) is 0 Å². The van der Waals surface area contributed by atoms with Crippen LogP contribution in [0.15, 0.2) is 18.2 Å². The molecular weight excluding hydrogens is 224 g/mol. The van der Waals surface area contributed by atoms with E-state index in [-0.39, 0.29) is 11.3 Å². The Hall–Kier alpha value is -1.35. The van der Waals surface area contributed by atoms with E-state index in [0.717, 1.165) is 18.5 Å². The van der Waals surface area contributed by atoms with E-state index < -0.39 is 0 Å². The van der Waals surface area contributed by atoms with Crippen LogP contribution in [0.1, 0.15) is 36.8 Å². The zero-order valence-electron chi connectivity index (χ0n) is 10.9. The quantitative estimate of drug-likeness (QED) is 0.864. The second kappa shape index (κ2) is 4.09. The van der Waals surface area contributed by atoms with Crippen molar-refractivity contribution in [1.29, 1.82) is 0 Å². The zero-order chi connectivity index (χ0) is 12.8. The van der Waals surface area contributed by atoms with Crippen molar-refractivity contribution < 1.29 is 4.79 Å². The lowest BCUT2D eigenvalue weighted by Gasteiger charge is -2.31. The Balaban J connectivity index is 2.14. The number of nitrogens with zero attached hydrogens (tertiary/aromatic N) is 1. The Morgan fingerprint density at radius 2 is 2.06 bits per heavy atom. The summed E-state index contributed by atoms with van der Waals surface area (Å²) in [5.41, 5.74) is 9.77. The van der Waals surface area contributed by atoms with Crippen molar-refractivity contribution in [2.45, 2.75) is 37.5 Å². The highest BCUT2D eigenvalue weighted by atomic mass is 16.2. The average molecular weight is 244 g/mol. The van der Waals surface area contributed by atoms with Crippen LogP contribution in [-0.2, 0) is 16.6 Å². The van der Waals surface area contributed by atoms with Gasteiger partial charge in [0.2, 0.25) is 5.91 Å². The van der Waals surface area contributed by atoms with Crippen LogP contribution in [0.5, 0.6) is 0 Å². The zero-order valence-corrected chi connectivity index (χ0v) is 10.9. The van der Waals surface area contributed by atoms with E-state index in [4.69, 9.17) is 5.73 Å². The Bertz CT molecular complexity index is 489. The number of rotatable bonds is 2. The predicted octanol–water partition coefficient (Wildman–Crippen LogP) is 1.98. The molecular formula is C15H20N2O. The third-order valence-corrected chi connectivity index (χ3v) is 4.69. The van der Waals surface area contributed by atoms with Crippen molar-refractivity contribution in [3.05, 3.63) is 29.3 Å². The first-order valence-electron chi connectivity index (χ1n) is 6.77. The molecule has 1 heterocycles. The number of carbonyl (C=O) groups excluding carboxylic acids is 1. The molecule has 3 rings (SSSR count). The summed E-state index contributed by atoms with van der Waals surface area (Å²) in [7, 11) is 1.89. The molecule has 1 fully saturated rings. The van der Waals surface area contributed by atoms with Gasteiger partial charge in [-0.15, -0.1) is 0 Å². The standard InChI is InChI=1S/C15H20N2O/c1-17-13(18)9-11-5-4-6-12(14(11)17)15(10-16)7-2-3-8-15/h4-6H,2-3,7-10,16H2,1H3. The number of fused-ring (bicyclic) bond motifs is 1. The fraction of sp³-hybridized carbons (Fsp3) is 0.533. The normalized spacial score (nSPS) is 21.4. The molecule has 0 spiro atoms. The fourth-order valence-electron chi connectivity index (χ4n) is 3.60. The maximum absolute atomic E-state index is 11.9. The summed E-state index contributed by atoms with van der Waals surface area (Å²) >= 11 is 0. The van der Waals surface area contributed by atoms with Crippen molar-refractivity contribution in [1.82, 2.24) is 0 Å². The smallest absolute Gasteiger partial charge is 0.231 e. The lowest BCUT2D eigenvalue weighted by molar-refractivity contribution is -0.117. The summed E-state index contributed by atoms with van der Waals surface area (Å²) in [6.07, 6.45) is 5.35. The van der Waals surface area contributed by atoms with E-state index in [2.05, 4.69) is 18.2 Å². The van der Waals surface area contributed by atoms with Gasteiger partial charge in [0.15, 0.2) is 0 Å². The van der Waals surface area contributed by atoms with E-state index in [1.54, 1.807) is 0 Å². The number of hydrogen-bond donors (Lipinski definition) is 1. The van der Waals surface area contributed by atoms with Crippen LogP contribution in [0.25, 0.3) is 0 Å². The molecule has 1 saturated carbocycles. The van der Waals surface area contributed by atoms with Crippen LogP contribution >= 0.6 is 0 Å². The molecule has 1 aliphatic heterocycles. The third kappa shape index (κ3) is 1.50. The second-order valence-electron chi connectivity index (χ2n) is 5.63. The molecule has 0 unspecified atom stereocenters. The lowest BCUT2D eigenvalue weighted by atomic mass is 9.77. The summed E-state index contributed by atoms with van der Waals surface area (Å²) in [6, 6.07) is 6.32. The molecule has 0 bridgehead atoms. The largest absolute Gasteiger partial charge is 0.330 e. The maximum Gasteiger partial charge on any atom is 0.231 e. The minimum Gasteiger partial charge on any atom is -0.330 e. The van der Waals surface area contributed by atoms with Gasteiger partial charge >= 0.3 is 0 Å². The van der Waals surface area contributed by atoms with E-state index >= 15 is 0 Å². The molecule has 0 saturated heterocycles. The summed E-state index contributed by atoms with van der Waals surface area (Å²) in [6.45, 7) is 0.686. The number of nitrogens with two attached hydrogens (primary N) is 1. The van der Waals surface area contributed by atoms with Gasteiger partial charge in [0.1, 0.15) is 0 Å². The van der Waals surface area contributed by atoms with E-state index in [1.165, 1.54) is 24.0 Å². The Kier molecular flexibility index (Phi) is 2.67. The van der Waals surface area contributed by atoms with Crippen molar-refractivity contribution in [3.63, 3.8) is 0 Å². The van der Waals surface area contributed by atoms with Gasteiger partial charge in [-0.05, 0) is 24.0 Å². The van der Waals surface area contributed by atoms with Crippen molar-refractivity contribution in [2.24, 2.45) is 5.73 Å². The number of para-hydroxylation sites is 1. The molecule has 3 nitrogen and oxygen atoms in total. The highest BCUT2D eigenvalue weighted by Gasteiger charge is 2.39. The van der Waals surface area contributed by atoms with Crippen LogP contribution in [0.2, 0.25) is 0 Å². The van der Waals surface area contributed by atoms with E-state index in [9.17, 15) is 4.79 Å². The Labute approximate surface area is 108 Å². The first-order chi connectivity index (χ1) is 8.68. The summed E-state index contributed by atoms with van der Waals surface area (Å²) < 4.78 is 0. The lowest BCUT2D eigenvalue weighted by Crippen LogP contribution is -2.34. The predicted molar refractivity (Wildman–Crippen MR) is 72.8 cm³/mol. The van der Waals surface area contributed by atoms with Crippen LogP contribution in [0.4, 0.5) is 5.69 Å². The highest BCUT2D eigenvalue weighted by molar-refractivity contribution is 6.02. The summed E-state index contributed by atoms with van der Waals surface area (Å²) in [5.74, 6) is 0.197. The molecule has 2 N–H and O–H groups in total. The summed E-state index contributed by atoms with van der Waals surface area (Å²) in [5, 5.41) is 0. The van der Waals surface area contributed by atoms with Gasteiger partial charge in [-0.2, -0.15) is 0 Å². The van der Waals surface area contributed by atoms with Crippen molar-refractivity contribution >= 4 is 11.6 Å². The third-order valence-electron chi connectivity index (χ3n) is 4.69. The Morgan fingerprint density at radius 3 is 2.72 bits per heavy atom. The molecule has 0 atom stereocenters. The van der Waals surface area contributed by atoms with Crippen molar-refractivity contribution in [3.8, 4) is 0 Å². The van der Waals surface area contributed by atoms with Crippen LogP contribution < -0.4 is 10.6 Å². The monoisotopic (exact) mass is 244 g/mol. The minimum atomic E-state index is 0.101. The van der Waals surface area contributed by atoms with Gasteiger partial charge in [0, 0.05) is 19.0 Å². The van der Waals surface area contributed by atoms with Gasteiger partial charge in [-0.25, -0.2) is 0 Å². The number of amides is 1. The first-order valence-corrected chi connectivity index (χ1v) is 6.77. The van der Waals surface area contributed by atoms with Crippen LogP contribution in [-0.4, -0.2) is 19.5 Å². The second-order valence-corrected chi connectivity index (χ2v) is 5.63. The molecule has 96 valence electrons. The van der Waals surface area contributed by atoms with Gasteiger partial charge in [-0.3, -0.25) is 4.79 Å². The maximum atomic E-state index is 11.9. The molecule has 1 amide bonds. The van der Waals surface area contributed by atoms with Gasteiger partial charge in [-0.1, -0.05) is 31.0 Å². The van der Waals surface area contributed by atoms with Crippen LogP contribution in [0.3, 0.4) is 0 Å². The molecule has 0 radical (unpaired) electrons. The number of benzene rings is 1.